The Balaban J connectivity index is 3.12. The second kappa shape index (κ2) is 5.69. The van der Waals surface area contributed by atoms with Crippen molar-refractivity contribution < 1.29 is 10.2 Å². The van der Waals surface area contributed by atoms with Crippen molar-refractivity contribution in [1.82, 2.24) is 0 Å². The van der Waals surface area contributed by atoms with Crippen molar-refractivity contribution in [3.8, 4) is 0 Å². The first-order chi connectivity index (χ1) is 4.66. The molecule has 0 saturated heterocycles. The third-order valence-corrected chi connectivity index (χ3v) is 1.54. The maximum Gasteiger partial charge on any atom is 0.0541 e. The van der Waals surface area contributed by atoms with Crippen LogP contribution in [0.4, 0.5) is 0 Å². The summed E-state index contributed by atoms with van der Waals surface area (Å²) in [6.07, 6.45) is 2.83. The van der Waals surface area contributed by atoms with Crippen LogP contribution in [0.3, 0.4) is 0 Å². The van der Waals surface area contributed by atoms with Gasteiger partial charge < -0.3 is 10.2 Å². The predicted molar refractivity (Wildman–Crippen MR) is 41.8 cm³/mol. The van der Waals surface area contributed by atoms with Gasteiger partial charge in [-0.05, 0) is 26.2 Å². The zero-order valence-electron chi connectivity index (χ0n) is 6.88. The summed E-state index contributed by atoms with van der Waals surface area (Å²) in [6.45, 7) is 3.80. The van der Waals surface area contributed by atoms with Gasteiger partial charge in [-0.3, -0.25) is 0 Å². The average molecular weight is 146 g/mol. The number of aliphatic hydroxyl groups excluding tert-OH is 2. The van der Waals surface area contributed by atoms with Crippen LogP contribution >= 0.6 is 0 Å². The molecule has 0 aromatic carbocycles. The Kier molecular flexibility index (Phi) is 5.64. The van der Waals surface area contributed by atoms with Crippen LogP contribution in [-0.4, -0.2) is 22.4 Å². The van der Waals surface area contributed by atoms with Gasteiger partial charge in [-0.2, -0.15) is 0 Å². The van der Waals surface area contributed by atoms with E-state index in [2.05, 4.69) is 0 Å². The molecule has 0 heterocycles. The minimum absolute atomic E-state index is 0.209. The van der Waals surface area contributed by atoms with E-state index in [0.717, 1.165) is 19.3 Å². The van der Waals surface area contributed by atoms with Crippen LogP contribution in [-0.2, 0) is 0 Å². The van der Waals surface area contributed by atoms with E-state index in [1.54, 1.807) is 6.92 Å². The largest absolute Gasteiger partial charge is 0.393 e. The van der Waals surface area contributed by atoms with Crippen molar-refractivity contribution in [3.63, 3.8) is 0 Å². The molecule has 0 aromatic rings. The third kappa shape index (κ3) is 6.05. The Hall–Kier alpha value is -0.0800. The average Bonchev–Trinajstić information content (AvgIpc) is 1.85. The van der Waals surface area contributed by atoms with E-state index < -0.39 is 0 Å². The van der Waals surface area contributed by atoms with Gasteiger partial charge in [-0.25, -0.2) is 0 Å². The van der Waals surface area contributed by atoms with Crippen LogP contribution in [0, 0.1) is 0 Å². The minimum Gasteiger partial charge on any atom is -0.393 e. The molecule has 0 aliphatic rings. The zero-order valence-corrected chi connectivity index (χ0v) is 6.88. The van der Waals surface area contributed by atoms with Crippen molar-refractivity contribution in [2.24, 2.45) is 0 Å². The maximum atomic E-state index is 9.19. The summed E-state index contributed by atoms with van der Waals surface area (Å²) >= 11 is 0. The van der Waals surface area contributed by atoms with Crippen LogP contribution in [0.15, 0.2) is 0 Å². The highest BCUT2D eigenvalue weighted by Crippen LogP contribution is 2.05. The molecule has 62 valence electrons. The molecule has 0 radical (unpaired) electrons. The summed E-state index contributed by atoms with van der Waals surface area (Å²) in [5, 5.41) is 18.0. The Labute approximate surface area is 62.9 Å². The summed E-state index contributed by atoms with van der Waals surface area (Å²) in [7, 11) is 0. The summed E-state index contributed by atoms with van der Waals surface area (Å²) in [5.41, 5.74) is 0. The van der Waals surface area contributed by atoms with Crippen molar-refractivity contribution in [3.05, 3.63) is 0 Å². The Morgan fingerprint density at radius 3 is 2.10 bits per heavy atom. The summed E-state index contributed by atoms with van der Waals surface area (Å²) in [6, 6.07) is 0. The Bertz CT molecular complexity index is 71.7. The molecule has 0 amide bonds. The SMILES string of the molecule is CCCC(O)CCC(C)O. The minimum atomic E-state index is -0.272. The molecule has 0 spiro atoms. The summed E-state index contributed by atoms with van der Waals surface area (Å²) in [4.78, 5) is 0. The van der Waals surface area contributed by atoms with Crippen molar-refractivity contribution in [2.45, 2.75) is 51.7 Å². The third-order valence-electron chi connectivity index (χ3n) is 1.54. The van der Waals surface area contributed by atoms with Gasteiger partial charge in [0, 0.05) is 0 Å². The van der Waals surface area contributed by atoms with E-state index in [4.69, 9.17) is 5.11 Å². The van der Waals surface area contributed by atoms with E-state index >= 15 is 0 Å². The first kappa shape index (κ1) is 9.92. The van der Waals surface area contributed by atoms with E-state index in [9.17, 15) is 5.11 Å². The lowest BCUT2D eigenvalue weighted by Gasteiger charge is -2.09. The van der Waals surface area contributed by atoms with E-state index in [1.165, 1.54) is 0 Å². The molecule has 0 aliphatic heterocycles. The highest BCUT2D eigenvalue weighted by Gasteiger charge is 2.03. The quantitative estimate of drug-likeness (QED) is 0.614. The summed E-state index contributed by atoms with van der Waals surface area (Å²) < 4.78 is 0. The highest BCUT2D eigenvalue weighted by atomic mass is 16.3. The number of rotatable bonds is 5. The summed E-state index contributed by atoms with van der Waals surface area (Å²) in [5.74, 6) is 0. The van der Waals surface area contributed by atoms with Crippen LogP contribution in [0.1, 0.15) is 39.5 Å². The molecule has 2 nitrogen and oxygen atoms in total. The van der Waals surface area contributed by atoms with Gasteiger partial charge in [0.25, 0.3) is 0 Å². The van der Waals surface area contributed by atoms with Crippen molar-refractivity contribution in [2.75, 3.05) is 0 Å². The van der Waals surface area contributed by atoms with Gasteiger partial charge in [0.1, 0.15) is 0 Å². The molecule has 2 unspecified atom stereocenters. The van der Waals surface area contributed by atoms with Gasteiger partial charge in [-0.1, -0.05) is 13.3 Å². The van der Waals surface area contributed by atoms with Crippen LogP contribution in [0.25, 0.3) is 0 Å². The Morgan fingerprint density at radius 2 is 1.70 bits per heavy atom. The Morgan fingerprint density at radius 1 is 1.10 bits per heavy atom. The first-order valence-corrected chi connectivity index (χ1v) is 4.03. The fraction of sp³-hybridized carbons (Fsp3) is 1.00. The molecular weight excluding hydrogens is 128 g/mol. The van der Waals surface area contributed by atoms with Gasteiger partial charge in [0.05, 0.1) is 12.2 Å². The van der Waals surface area contributed by atoms with E-state index in [1.807, 2.05) is 6.92 Å². The number of hydrogen-bond donors (Lipinski definition) is 2. The van der Waals surface area contributed by atoms with Gasteiger partial charge in [0.2, 0.25) is 0 Å². The molecule has 0 aliphatic carbocycles. The second-order valence-electron chi connectivity index (χ2n) is 2.87. The molecule has 2 N–H and O–H groups in total. The lowest BCUT2D eigenvalue weighted by atomic mass is 10.1. The van der Waals surface area contributed by atoms with Crippen LogP contribution in [0.5, 0.6) is 0 Å². The lowest BCUT2D eigenvalue weighted by molar-refractivity contribution is 0.116. The van der Waals surface area contributed by atoms with E-state index in [0.29, 0.717) is 6.42 Å². The molecule has 0 aromatic heterocycles. The molecule has 10 heavy (non-hydrogen) atoms. The zero-order chi connectivity index (χ0) is 7.98. The maximum absolute atomic E-state index is 9.19. The van der Waals surface area contributed by atoms with Gasteiger partial charge in [0.15, 0.2) is 0 Å². The normalized spacial score (nSPS) is 16.8. The number of hydrogen-bond acceptors (Lipinski definition) is 2. The predicted octanol–water partition coefficient (Wildman–Crippen LogP) is 1.31. The van der Waals surface area contributed by atoms with Gasteiger partial charge in [-0.15, -0.1) is 0 Å². The lowest BCUT2D eigenvalue weighted by Crippen LogP contribution is -2.10. The molecule has 0 bridgehead atoms. The molecule has 0 rings (SSSR count). The first-order valence-electron chi connectivity index (χ1n) is 4.03. The molecular formula is C8H18O2. The topological polar surface area (TPSA) is 40.5 Å². The van der Waals surface area contributed by atoms with Crippen molar-refractivity contribution >= 4 is 0 Å². The van der Waals surface area contributed by atoms with Crippen molar-refractivity contribution in [1.29, 1.82) is 0 Å². The second-order valence-corrected chi connectivity index (χ2v) is 2.87. The van der Waals surface area contributed by atoms with Crippen LogP contribution in [0.2, 0.25) is 0 Å². The fourth-order valence-electron chi connectivity index (χ4n) is 0.911. The number of aliphatic hydroxyl groups is 2. The van der Waals surface area contributed by atoms with Crippen LogP contribution < -0.4 is 0 Å². The molecule has 0 fully saturated rings. The standard InChI is InChI=1S/C8H18O2/c1-3-4-8(10)6-5-7(2)9/h7-10H,3-6H2,1-2H3. The molecule has 2 heteroatoms. The van der Waals surface area contributed by atoms with E-state index in [-0.39, 0.29) is 12.2 Å². The fourth-order valence-corrected chi connectivity index (χ4v) is 0.911. The highest BCUT2D eigenvalue weighted by molar-refractivity contribution is 4.56. The molecule has 0 saturated carbocycles. The smallest absolute Gasteiger partial charge is 0.0541 e. The van der Waals surface area contributed by atoms with Gasteiger partial charge >= 0.3 is 0 Å². The monoisotopic (exact) mass is 146 g/mol. The molecule has 2 atom stereocenters.